The Morgan fingerprint density at radius 2 is 1.92 bits per heavy atom. The molecule has 0 aromatic heterocycles. The van der Waals surface area contributed by atoms with Crippen molar-refractivity contribution in [2.24, 2.45) is 11.8 Å². The molecule has 3 nitrogen and oxygen atoms in total. The lowest BCUT2D eigenvalue weighted by Gasteiger charge is -2.22. The number of nitro groups is 1. The first-order valence-electron chi connectivity index (χ1n) is 4.50. The zero-order valence-corrected chi connectivity index (χ0v) is 7.40. The van der Waals surface area contributed by atoms with E-state index in [0.717, 1.165) is 25.0 Å². The average Bonchev–Trinajstić information content (AvgIpc) is 2.03. The molecule has 0 amide bonds. The topological polar surface area (TPSA) is 43.1 Å². The largest absolute Gasteiger partial charge is 0.259 e. The third kappa shape index (κ3) is 3.03. The Bertz CT molecular complexity index is 181. The maximum atomic E-state index is 10.0. The van der Waals surface area contributed by atoms with E-state index in [1.54, 1.807) is 6.08 Å². The predicted octanol–water partition coefficient (Wildman–Crippen LogP) is 2.60. The van der Waals surface area contributed by atoms with E-state index in [1.807, 2.05) is 0 Å². The molecule has 0 aromatic carbocycles. The molecule has 0 unspecified atom stereocenters. The van der Waals surface area contributed by atoms with Gasteiger partial charge in [-0.05, 0) is 30.8 Å². The average molecular weight is 169 g/mol. The second-order valence-electron chi connectivity index (χ2n) is 3.65. The third-order valence-corrected chi connectivity index (χ3v) is 2.54. The summed E-state index contributed by atoms with van der Waals surface area (Å²) in [5.74, 6) is 1.26. The van der Waals surface area contributed by atoms with Crippen LogP contribution >= 0.6 is 0 Å². The predicted molar refractivity (Wildman–Crippen MR) is 47.3 cm³/mol. The van der Waals surface area contributed by atoms with Gasteiger partial charge < -0.3 is 0 Å². The first kappa shape index (κ1) is 9.23. The van der Waals surface area contributed by atoms with Gasteiger partial charge in [0.2, 0.25) is 6.20 Å². The van der Waals surface area contributed by atoms with Gasteiger partial charge in [0.15, 0.2) is 0 Å². The van der Waals surface area contributed by atoms with Crippen molar-refractivity contribution >= 4 is 0 Å². The molecule has 0 N–H and O–H groups in total. The summed E-state index contributed by atoms with van der Waals surface area (Å²) < 4.78 is 0. The maximum absolute atomic E-state index is 10.0. The van der Waals surface area contributed by atoms with Crippen molar-refractivity contribution < 1.29 is 4.92 Å². The van der Waals surface area contributed by atoms with Crippen LogP contribution in [0, 0.1) is 22.0 Å². The molecule has 3 heteroatoms. The van der Waals surface area contributed by atoms with Gasteiger partial charge in [-0.1, -0.05) is 19.8 Å². The molecule has 1 rings (SSSR count). The van der Waals surface area contributed by atoms with Crippen molar-refractivity contribution in [3.8, 4) is 0 Å². The molecule has 1 aliphatic rings. The SMILES string of the molecule is CC1CCC(C=C[N+](=O)[O-])CC1. The second kappa shape index (κ2) is 4.24. The summed E-state index contributed by atoms with van der Waals surface area (Å²) in [6, 6.07) is 0. The monoisotopic (exact) mass is 169 g/mol. The smallest absolute Gasteiger partial charge is 0.230 e. The number of hydrogen-bond acceptors (Lipinski definition) is 2. The molecule has 1 saturated carbocycles. The van der Waals surface area contributed by atoms with Gasteiger partial charge in [-0.3, -0.25) is 10.1 Å². The number of nitrogens with zero attached hydrogens (tertiary/aromatic N) is 1. The normalized spacial score (nSPS) is 30.8. The zero-order chi connectivity index (χ0) is 8.97. The van der Waals surface area contributed by atoms with Crippen molar-refractivity contribution in [3.63, 3.8) is 0 Å². The Morgan fingerprint density at radius 3 is 2.42 bits per heavy atom. The van der Waals surface area contributed by atoms with Crippen LogP contribution in [0.1, 0.15) is 32.6 Å². The Morgan fingerprint density at radius 1 is 1.33 bits per heavy atom. The Kier molecular flexibility index (Phi) is 3.26. The molecule has 0 bridgehead atoms. The lowest BCUT2D eigenvalue weighted by atomic mass is 9.83. The van der Waals surface area contributed by atoms with Gasteiger partial charge in [-0.25, -0.2) is 0 Å². The minimum Gasteiger partial charge on any atom is -0.259 e. The molecule has 0 radical (unpaired) electrons. The van der Waals surface area contributed by atoms with Crippen molar-refractivity contribution in [2.45, 2.75) is 32.6 Å². The minimum absolute atomic E-state index is 0.377. The Labute approximate surface area is 72.6 Å². The van der Waals surface area contributed by atoms with Gasteiger partial charge in [0, 0.05) is 0 Å². The van der Waals surface area contributed by atoms with Crippen molar-refractivity contribution in [2.75, 3.05) is 0 Å². The van der Waals surface area contributed by atoms with E-state index in [2.05, 4.69) is 6.92 Å². The molecular weight excluding hydrogens is 154 g/mol. The van der Waals surface area contributed by atoms with E-state index >= 15 is 0 Å². The first-order valence-corrected chi connectivity index (χ1v) is 4.50. The molecule has 1 aliphatic carbocycles. The lowest BCUT2D eigenvalue weighted by molar-refractivity contribution is -0.402. The fourth-order valence-corrected chi connectivity index (χ4v) is 1.67. The highest BCUT2D eigenvalue weighted by atomic mass is 16.6. The van der Waals surface area contributed by atoms with Crippen LogP contribution in [0.5, 0.6) is 0 Å². The van der Waals surface area contributed by atoms with Gasteiger partial charge >= 0.3 is 0 Å². The third-order valence-electron chi connectivity index (χ3n) is 2.54. The number of allylic oxidation sites excluding steroid dienone is 1. The fraction of sp³-hybridized carbons (Fsp3) is 0.778. The van der Waals surface area contributed by atoms with Crippen LogP contribution in [-0.2, 0) is 0 Å². The molecule has 0 aliphatic heterocycles. The molecule has 0 heterocycles. The minimum atomic E-state index is -0.377. The molecule has 0 atom stereocenters. The lowest BCUT2D eigenvalue weighted by Crippen LogP contribution is -2.10. The van der Waals surface area contributed by atoms with Crippen LogP contribution in [0.4, 0.5) is 0 Å². The summed E-state index contributed by atoms with van der Waals surface area (Å²) in [4.78, 5) is 9.65. The highest BCUT2D eigenvalue weighted by Gasteiger charge is 2.16. The van der Waals surface area contributed by atoms with Crippen LogP contribution in [0.15, 0.2) is 12.3 Å². The first-order chi connectivity index (χ1) is 5.68. The zero-order valence-electron chi connectivity index (χ0n) is 7.40. The van der Waals surface area contributed by atoms with E-state index in [0.29, 0.717) is 5.92 Å². The fourth-order valence-electron chi connectivity index (χ4n) is 1.67. The van der Waals surface area contributed by atoms with Gasteiger partial charge in [-0.2, -0.15) is 0 Å². The van der Waals surface area contributed by atoms with E-state index in [1.165, 1.54) is 12.8 Å². The molecule has 0 spiro atoms. The standard InChI is InChI=1S/C9H15NO2/c1-8-2-4-9(5-3-8)6-7-10(11)12/h6-9H,2-5H2,1H3. The van der Waals surface area contributed by atoms with Crippen LogP contribution in [-0.4, -0.2) is 4.92 Å². The Hall–Kier alpha value is -0.860. The molecule has 12 heavy (non-hydrogen) atoms. The molecule has 0 aromatic rings. The number of hydrogen-bond donors (Lipinski definition) is 0. The highest BCUT2D eigenvalue weighted by Crippen LogP contribution is 2.28. The second-order valence-corrected chi connectivity index (χ2v) is 3.65. The maximum Gasteiger partial charge on any atom is 0.230 e. The summed E-state index contributed by atoms with van der Waals surface area (Å²) in [6.07, 6.45) is 7.49. The molecule has 68 valence electrons. The quantitative estimate of drug-likeness (QED) is 0.471. The van der Waals surface area contributed by atoms with Gasteiger partial charge in [0.1, 0.15) is 0 Å². The highest BCUT2D eigenvalue weighted by molar-refractivity contribution is 4.85. The van der Waals surface area contributed by atoms with E-state index < -0.39 is 0 Å². The summed E-state index contributed by atoms with van der Waals surface area (Å²) in [7, 11) is 0. The Balaban J connectivity index is 2.30. The van der Waals surface area contributed by atoms with E-state index in [-0.39, 0.29) is 4.92 Å². The summed E-state index contributed by atoms with van der Waals surface area (Å²) in [5, 5.41) is 10.0. The summed E-state index contributed by atoms with van der Waals surface area (Å²) in [5.41, 5.74) is 0. The summed E-state index contributed by atoms with van der Waals surface area (Å²) in [6.45, 7) is 2.24. The van der Waals surface area contributed by atoms with Crippen LogP contribution in [0.25, 0.3) is 0 Å². The van der Waals surface area contributed by atoms with E-state index in [4.69, 9.17) is 0 Å². The van der Waals surface area contributed by atoms with Gasteiger partial charge in [0.05, 0.1) is 4.92 Å². The van der Waals surface area contributed by atoms with Crippen molar-refractivity contribution in [1.29, 1.82) is 0 Å². The molecular formula is C9H15NO2. The van der Waals surface area contributed by atoms with Crippen molar-refractivity contribution in [3.05, 3.63) is 22.4 Å². The van der Waals surface area contributed by atoms with Crippen LogP contribution in [0.2, 0.25) is 0 Å². The molecule has 0 saturated heterocycles. The van der Waals surface area contributed by atoms with Crippen LogP contribution in [0.3, 0.4) is 0 Å². The van der Waals surface area contributed by atoms with Crippen molar-refractivity contribution in [1.82, 2.24) is 0 Å². The van der Waals surface area contributed by atoms with Gasteiger partial charge in [-0.15, -0.1) is 0 Å². The van der Waals surface area contributed by atoms with Crippen LogP contribution < -0.4 is 0 Å². The number of rotatable bonds is 2. The summed E-state index contributed by atoms with van der Waals surface area (Å²) >= 11 is 0. The van der Waals surface area contributed by atoms with Gasteiger partial charge in [0.25, 0.3) is 0 Å². The van der Waals surface area contributed by atoms with E-state index in [9.17, 15) is 10.1 Å². The molecule has 1 fully saturated rings.